The van der Waals surface area contributed by atoms with Crippen LogP contribution in [0.15, 0.2) is 42.5 Å². The highest BCUT2D eigenvalue weighted by atomic mass is 35.5. The molecule has 0 saturated heterocycles. The fraction of sp³-hybridized carbons (Fsp3) is 0.0588. The largest absolute Gasteiger partial charge is 0.366 e. The third-order valence-electron chi connectivity index (χ3n) is 3.77. The van der Waals surface area contributed by atoms with Crippen LogP contribution in [-0.4, -0.2) is 16.3 Å². The van der Waals surface area contributed by atoms with Crippen molar-refractivity contribution in [1.29, 1.82) is 0 Å². The zero-order valence-corrected chi connectivity index (χ0v) is 13.7. The van der Waals surface area contributed by atoms with E-state index in [9.17, 15) is 9.59 Å². The maximum Gasteiger partial charge on any atom is 0.250 e. The number of ketones is 1. The lowest BCUT2D eigenvalue weighted by Crippen LogP contribution is -2.15. The minimum Gasteiger partial charge on any atom is -0.366 e. The molecule has 2 N–H and O–H groups in total. The molecule has 2 aromatic carbocycles. The monoisotopic (exact) mass is 346 g/mol. The van der Waals surface area contributed by atoms with Gasteiger partial charge in [0.25, 0.3) is 0 Å². The summed E-state index contributed by atoms with van der Waals surface area (Å²) < 4.78 is 1.77. The molecular formula is C17H12Cl2N2O2. The van der Waals surface area contributed by atoms with Crippen LogP contribution in [0, 0.1) is 0 Å². The molecule has 0 aliphatic heterocycles. The second-order valence-corrected chi connectivity index (χ2v) is 5.91. The first-order valence-corrected chi connectivity index (χ1v) is 7.54. The van der Waals surface area contributed by atoms with Crippen LogP contribution >= 0.6 is 23.2 Å². The predicted molar refractivity (Wildman–Crippen MR) is 91.3 cm³/mol. The number of rotatable bonds is 3. The number of fused-ring (bicyclic) bond motifs is 1. The van der Waals surface area contributed by atoms with Crippen molar-refractivity contribution in [2.24, 2.45) is 12.8 Å². The van der Waals surface area contributed by atoms with E-state index in [4.69, 9.17) is 28.9 Å². The van der Waals surface area contributed by atoms with Crippen molar-refractivity contribution in [3.63, 3.8) is 0 Å². The number of carbonyl (C=O) groups is 2. The number of primary amides is 1. The summed E-state index contributed by atoms with van der Waals surface area (Å²) >= 11 is 12.3. The number of halogens is 2. The van der Waals surface area contributed by atoms with Crippen LogP contribution in [0.5, 0.6) is 0 Å². The van der Waals surface area contributed by atoms with Gasteiger partial charge in [0.1, 0.15) is 0 Å². The van der Waals surface area contributed by atoms with Crippen LogP contribution in [0.3, 0.4) is 0 Å². The lowest BCUT2D eigenvalue weighted by molar-refractivity contribution is 0.100. The first-order valence-electron chi connectivity index (χ1n) is 6.78. The lowest BCUT2D eigenvalue weighted by atomic mass is 10.0. The third kappa shape index (κ3) is 2.50. The molecule has 3 rings (SSSR count). The Balaban J connectivity index is 2.22. The number of aromatic nitrogens is 1. The fourth-order valence-electron chi connectivity index (χ4n) is 2.59. The fourth-order valence-corrected chi connectivity index (χ4v) is 3.22. The minimum atomic E-state index is -0.710. The zero-order valence-electron chi connectivity index (χ0n) is 12.1. The number of aryl methyl sites for hydroxylation is 1. The molecule has 0 atom stereocenters. The Morgan fingerprint density at radius 1 is 1.09 bits per heavy atom. The molecular weight excluding hydrogens is 335 g/mol. The van der Waals surface area contributed by atoms with E-state index in [2.05, 4.69) is 0 Å². The molecule has 0 spiro atoms. The molecule has 23 heavy (non-hydrogen) atoms. The number of hydrogen-bond donors (Lipinski definition) is 1. The Morgan fingerprint density at radius 3 is 2.43 bits per heavy atom. The third-order valence-corrected chi connectivity index (χ3v) is 4.48. The molecule has 0 radical (unpaired) electrons. The SMILES string of the molecule is Cn1c(C(=O)c2c(Cl)ccc(C(N)=O)c2Cl)cc2ccccc21. The molecule has 0 unspecified atom stereocenters. The first-order chi connectivity index (χ1) is 10.9. The van der Waals surface area contributed by atoms with Crippen molar-refractivity contribution < 1.29 is 9.59 Å². The van der Waals surface area contributed by atoms with Gasteiger partial charge < -0.3 is 10.3 Å². The van der Waals surface area contributed by atoms with Gasteiger partial charge in [0, 0.05) is 18.0 Å². The van der Waals surface area contributed by atoms with Crippen molar-refractivity contribution in [1.82, 2.24) is 4.57 Å². The molecule has 1 aromatic heterocycles. The standard InChI is InChI=1S/C17H12Cl2N2O2/c1-21-12-5-3-2-4-9(12)8-13(21)16(22)14-11(18)7-6-10(15(14)19)17(20)23/h2-8H,1H3,(H2,20,23). The van der Waals surface area contributed by atoms with Crippen LogP contribution < -0.4 is 5.73 Å². The van der Waals surface area contributed by atoms with E-state index >= 15 is 0 Å². The van der Waals surface area contributed by atoms with Crippen LogP contribution in [0.1, 0.15) is 26.4 Å². The van der Waals surface area contributed by atoms with Gasteiger partial charge in [-0.05, 0) is 24.3 Å². The minimum absolute atomic E-state index is 0.0275. The molecule has 116 valence electrons. The van der Waals surface area contributed by atoms with Crippen LogP contribution in [0.4, 0.5) is 0 Å². The average molecular weight is 347 g/mol. The van der Waals surface area contributed by atoms with Gasteiger partial charge in [0.15, 0.2) is 0 Å². The molecule has 1 amide bonds. The van der Waals surface area contributed by atoms with E-state index in [1.54, 1.807) is 17.7 Å². The molecule has 1 heterocycles. The molecule has 0 aliphatic carbocycles. The Bertz CT molecular complexity index is 961. The number of nitrogens with zero attached hydrogens (tertiary/aromatic N) is 1. The van der Waals surface area contributed by atoms with Crippen LogP contribution in [-0.2, 0) is 7.05 Å². The topological polar surface area (TPSA) is 65.1 Å². The average Bonchev–Trinajstić information content (AvgIpc) is 2.84. The number of carbonyl (C=O) groups excluding carboxylic acids is 2. The van der Waals surface area contributed by atoms with E-state index in [1.165, 1.54) is 12.1 Å². The maximum atomic E-state index is 12.9. The predicted octanol–water partition coefficient (Wildman–Crippen LogP) is 3.82. The molecule has 3 aromatic rings. The highest BCUT2D eigenvalue weighted by molar-refractivity contribution is 6.42. The highest BCUT2D eigenvalue weighted by Crippen LogP contribution is 2.31. The number of amides is 1. The summed E-state index contributed by atoms with van der Waals surface area (Å²) in [6.45, 7) is 0. The Hall–Kier alpha value is -2.30. The lowest BCUT2D eigenvalue weighted by Gasteiger charge is -2.10. The van der Waals surface area contributed by atoms with E-state index in [-0.39, 0.29) is 27.0 Å². The number of benzene rings is 2. The molecule has 0 bridgehead atoms. The quantitative estimate of drug-likeness (QED) is 0.732. The summed E-state index contributed by atoms with van der Waals surface area (Å²) in [5, 5.41) is 1.08. The van der Waals surface area contributed by atoms with Crippen molar-refractivity contribution in [3.05, 3.63) is 69.3 Å². The van der Waals surface area contributed by atoms with Gasteiger partial charge in [-0.15, -0.1) is 0 Å². The van der Waals surface area contributed by atoms with Crippen molar-refractivity contribution >= 4 is 45.8 Å². The summed E-state index contributed by atoms with van der Waals surface area (Å²) in [5.74, 6) is -1.07. The number of nitrogens with two attached hydrogens (primary N) is 1. The summed E-state index contributed by atoms with van der Waals surface area (Å²) in [4.78, 5) is 24.3. The number of para-hydroxylation sites is 1. The van der Waals surface area contributed by atoms with Crippen molar-refractivity contribution in [3.8, 4) is 0 Å². The molecule has 6 heteroatoms. The summed E-state index contributed by atoms with van der Waals surface area (Å²) in [7, 11) is 1.79. The van der Waals surface area contributed by atoms with Gasteiger partial charge in [0.2, 0.25) is 11.7 Å². The summed E-state index contributed by atoms with van der Waals surface area (Å²) in [5.41, 5.74) is 6.77. The Kier molecular flexibility index (Phi) is 3.88. The van der Waals surface area contributed by atoms with Gasteiger partial charge in [-0.3, -0.25) is 9.59 Å². The van der Waals surface area contributed by atoms with Gasteiger partial charge in [0.05, 0.1) is 26.9 Å². The van der Waals surface area contributed by atoms with E-state index in [1.807, 2.05) is 24.3 Å². The van der Waals surface area contributed by atoms with Gasteiger partial charge >= 0.3 is 0 Å². The van der Waals surface area contributed by atoms with Crippen LogP contribution in [0.25, 0.3) is 10.9 Å². The van der Waals surface area contributed by atoms with Gasteiger partial charge in [-0.1, -0.05) is 41.4 Å². The molecule has 0 aliphatic rings. The molecule has 0 saturated carbocycles. The second kappa shape index (κ2) is 5.72. The normalized spacial score (nSPS) is 10.9. The summed E-state index contributed by atoms with van der Waals surface area (Å²) in [6.07, 6.45) is 0. The van der Waals surface area contributed by atoms with Gasteiger partial charge in [-0.2, -0.15) is 0 Å². The van der Waals surface area contributed by atoms with Crippen LogP contribution in [0.2, 0.25) is 10.0 Å². The smallest absolute Gasteiger partial charge is 0.250 e. The van der Waals surface area contributed by atoms with E-state index in [0.717, 1.165) is 10.9 Å². The first kappa shape index (κ1) is 15.6. The van der Waals surface area contributed by atoms with E-state index < -0.39 is 5.91 Å². The highest BCUT2D eigenvalue weighted by Gasteiger charge is 2.23. The Morgan fingerprint density at radius 2 is 1.78 bits per heavy atom. The second-order valence-electron chi connectivity index (χ2n) is 5.12. The Labute approximate surface area is 142 Å². The summed E-state index contributed by atoms with van der Waals surface area (Å²) in [6, 6.07) is 12.2. The number of hydrogen-bond acceptors (Lipinski definition) is 2. The van der Waals surface area contributed by atoms with Crippen molar-refractivity contribution in [2.45, 2.75) is 0 Å². The van der Waals surface area contributed by atoms with Gasteiger partial charge in [-0.25, -0.2) is 0 Å². The van der Waals surface area contributed by atoms with E-state index in [0.29, 0.717) is 5.69 Å². The molecule has 4 nitrogen and oxygen atoms in total. The molecule has 0 fully saturated rings. The zero-order chi connectivity index (χ0) is 16.7. The maximum absolute atomic E-state index is 12.9. The van der Waals surface area contributed by atoms with Crippen molar-refractivity contribution in [2.75, 3.05) is 0 Å².